The van der Waals surface area contributed by atoms with Crippen LogP contribution >= 0.6 is 0 Å². The lowest BCUT2D eigenvalue weighted by Crippen LogP contribution is -1.88. The number of benzene rings is 2. The van der Waals surface area contributed by atoms with Gasteiger partial charge in [-0.15, -0.1) is 0 Å². The Hall–Kier alpha value is -4.28. The molecule has 0 bridgehead atoms. The summed E-state index contributed by atoms with van der Waals surface area (Å²) in [5.74, 6) is 0. The van der Waals surface area contributed by atoms with Gasteiger partial charge in [0.15, 0.2) is 5.69 Å². The molecule has 0 aliphatic heterocycles. The number of pyridine rings is 2. The topological polar surface area (TPSA) is 53.9 Å². The normalized spacial score (nSPS) is 10.1. The maximum absolute atomic E-state index is 8.89. The predicted molar refractivity (Wildman–Crippen MR) is 109 cm³/mol. The van der Waals surface area contributed by atoms with Gasteiger partial charge in [-0.1, -0.05) is 48.5 Å². The fourth-order valence-electron chi connectivity index (χ4n) is 2.89. The average Bonchev–Trinajstić information content (AvgIpc) is 2.79. The Labute approximate surface area is 163 Å². The van der Waals surface area contributed by atoms with Crippen LogP contribution in [0.25, 0.3) is 38.5 Å². The molecule has 2 aromatic heterocycles. The Morgan fingerprint density at radius 2 is 1.11 bits per heavy atom. The lowest BCUT2D eigenvalue weighted by Gasteiger charge is -2.06. The Bertz CT molecular complexity index is 1080. The molecule has 28 heavy (non-hydrogen) atoms. The monoisotopic (exact) mass is 358 g/mol. The minimum Gasteiger partial charge on any atom is -0.256 e. The number of rotatable bonds is 3. The lowest BCUT2D eigenvalue weighted by atomic mass is 10.0. The molecular weight excluding hydrogens is 344 g/mol. The van der Waals surface area contributed by atoms with Crippen molar-refractivity contribution in [1.82, 2.24) is 9.97 Å². The van der Waals surface area contributed by atoms with Crippen LogP contribution in [0.1, 0.15) is 5.56 Å². The smallest absolute Gasteiger partial charge is 0.187 e. The van der Waals surface area contributed by atoms with E-state index >= 15 is 0 Å². The van der Waals surface area contributed by atoms with E-state index in [0.29, 0.717) is 11.3 Å². The van der Waals surface area contributed by atoms with Gasteiger partial charge in [0.2, 0.25) is 0 Å². The van der Waals surface area contributed by atoms with E-state index in [2.05, 4.69) is 20.9 Å². The first-order chi connectivity index (χ1) is 13.8. The van der Waals surface area contributed by atoms with E-state index in [1.165, 1.54) is 0 Å². The molecule has 0 saturated carbocycles. The van der Waals surface area contributed by atoms with Crippen LogP contribution in [-0.4, -0.2) is 9.97 Å². The number of aromatic nitrogens is 2. The highest BCUT2D eigenvalue weighted by atomic mass is 14.7. The van der Waals surface area contributed by atoms with Gasteiger partial charge in [-0.2, -0.15) is 5.26 Å². The van der Waals surface area contributed by atoms with Gasteiger partial charge in [-0.05, 0) is 29.8 Å². The van der Waals surface area contributed by atoms with Crippen molar-refractivity contribution in [2.45, 2.75) is 0 Å². The maximum Gasteiger partial charge on any atom is 0.187 e. The zero-order chi connectivity index (χ0) is 19.3. The summed E-state index contributed by atoms with van der Waals surface area (Å²) in [5.41, 5.74) is 6.90. The molecule has 2 aromatic carbocycles. The van der Waals surface area contributed by atoms with E-state index in [-0.39, 0.29) is 0 Å². The van der Waals surface area contributed by atoms with Crippen LogP contribution in [0, 0.1) is 17.9 Å². The van der Waals surface area contributed by atoms with Crippen LogP contribution in [0.5, 0.6) is 0 Å². The van der Waals surface area contributed by atoms with Gasteiger partial charge in [0.05, 0.1) is 29.6 Å². The van der Waals surface area contributed by atoms with Crippen LogP contribution in [-0.2, 0) is 0 Å². The van der Waals surface area contributed by atoms with E-state index in [1.807, 2.05) is 60.9 Å². The minimum absolute atomic E-state index is 0.619. The largest absolute Gasteiger partial charge is 0.256 e. The molecule has 4 heteroatoms. The fraction of sp³-hybridized carbons (Fsp3) is 0. The zero-order valence-electron chi connectivity index (χ0n) is 14.9. The van der Waals surface area contributed by atoms with Gasteiger partial charge in [0.1, 0.15) is 0 Å². The summed E-state index contributed by atoms with van der Waals surface area (Å²) < 4.78 is 0. The highest BCUT2D eigenvalue weighted by Gasteiger charge is 2.04. The van der Waals surface area contributed by atoms with Crippen LogP contribution < -0.4 is 0 Å². The molecule has 0 N–H and O–H groups in total. The summed E-state index contributed by atoms with van der Waals surface area (Å²) in [6, 6.07) is 24.9. The third-order valence-electron chi connectivity index (χ3n) is 4.46. The van der Waals surface area contributed by atoms with E-state index in [0.717, 1.165) is 33.6 Å². The van der Waals surface area contributed by atoms with Crippen molar-refractivity contribution in [1.29, 1.82) is 5.26 Å². The second-order valence-corrected chi connectivity index (χ2v) is 6.21. The summed E-state index contributed by atoms with van der Waals surface area (Å²) in [4.78, 5) is 12.5. The first-order valence-electron chi connectivity index (χ1n) is 8.68. The second kappa shape index (κ2) is 7.53. The molecule has 0 aliphatic carbocycles. The van der Waals surface area contributed by atoms with Gasteiger partial charge in [-0.25, -0.2) is 4.85 Å². The van der Waals surface area contributed by atoms with Crippen LogP contribution in [0.4, 0.5) is 5.69 Å². The molecule has 0 spiro atoms. The average molecular weight is 358 g/mol. The highest BCUT2D eigenvalue weighted by Crippen LogP contribution is 2.25. The van der Waals surface area contributed by atoms with Gasteiger partial charge in [0, 0.05) is 29.1 Å². The number of hydrogen-bond donors (Lipinski definition) is 0. The molecule has 4 aromatic rings. The lowest BCUT2D eigenvalue weighted by molar-refractivity contribution is 1.30. The molecule has 0 unspecified atom stereocenters. The maximum atomic E-state index is 8.89. The summed E-state index contributed by atoms with van der Waals surface area (Å²) in [7, 11) is 0. The summed E-state index contributed by atoms with van der Waals surface area (Å²) in [5, 5.41) is 8.89. The molecule has 130 valence electrons. The van der Waals surface area contributed by atoms with Gasteiger partial charge >= 0.3 is 0 Å². The van der Waals surface area contributed by atoms with Crippen molar-refractivity contribution in [2.75, 3.05) is 0 Å². The Morgan fingerprint density at radius 3 is 1.50 bits per heavy atom. The van der Waals surface area contributed by atoms with Gasteiger partial charge in [0.25, 0.3) is 0 Å². The summed E-state index contributed by atoms with van der Waals surface area (Å²) in [6.45, 7) is 7.02. The first-order valence-corrected chi connectivity index (χ1v) is 8.68. The van der Waals surface area contributed by atoms with Crippen LogP contribution in [0.15, 0.2) is 85.2 Å². The summed E-state index contributed by atoms with van der Waals surface area (Å²) in [6.07, 6.45) is 3.66. The molecule has 0 saturated heterocycles. The minimum atomic E-state index is 0.619. The number of nitriles is 1. The molecule has 0 radical (unpaired) electrons. The van der Waals surface area contributed by atoms with E-state index in [1.54, 1.807) is 24.3 Å². The molecule has 4 rings (SSSR count). The SMILES string of the molecule is [C-]#[N+]c1ccc(-c2ccc(-c3ccc(-c4ccc(C#N)cc4)nc3)cn2)cc1. The van der Waals surface area contributed by atoms with Gasteiger partial charge in [-0.3, -0.25) is 9.97 Å². The molecule has 0 atom stereocenters. The van der Waals surface area contributed by atoms with Crippen molar-refractivity contribution in [2.24, 2.45) is 0 Å². The van der Waals surface area contributed by atoms with Crippen LogP contribution in [0.2, 0.25) is 0 Å². The molecule has 0 aliphatic rings. The van der Waals surface area contributed by atoms with Crippen molar-refractivity contribution in [3.63, 3.8) is 0 Å². The standard InChI is InChI=1S/C24H14N4/c1-26-22-10-6-19(7-11-22)24-13-9-21(16-28-24)20-8-12-23(27-15-20)18-4-2-17(14-25)3-5-18/h2-13,15-16H. The zero-order valence-corrected chi connectivity index (χ0v) is 14.9. The molecule has 4 nitrogen and oxygen atoms in total. The van der Waals surface area contributed by atoms with Crippen molar-refractivity contribution >= 4 is 5.69 Å². The highest BCUT2D eigenvalue weighted by molar-refractivity contribution is 5.69. The Morgan fingerprint density at radius 1 is 0.643 bits per heavy atom. The predicted octanol–water partition coefficient (Wildman–Crippen LogP) is 5.90. The van der Waals surface area contributed by atoms with Crippen molar-refractivity contribution in [3.8, 4) is 39.7 Å². The number of nitrogens with zero attached hydrogens (tertiary/aromatic N) is 4. The summed E-state index contributed by atoms with van der Waals surface area (Å²) >= 11 is 0. The van der Waals surface area contributed by atoms with E-state index in [4.69, 9.17) is 11.8 Å². The third kappa shape index (κ3) is 3.49. The van der Waals surface area contributed by atoms with E-state index in [9.17, 15) is 0 Å². The quantitative estimate of drug-likeness (QED) is 0.428. The second-order valence-electron chi connectivity index (χ2n) is 6.21. The third-order valence-corrected chi connectivity index (χ3v) is 4.46. The molecule has 0 fully saturated rings. The Balaban J connectivity index is 1.55. The molecule has 2 heterocycles. The van der Waals surface area contributed by atoms with E-state index < -0.39 is 0 Å². The Kier molecular flexibility index (Phi) is 4.61. The van der Waals surface area contributed by atoms with Crippen molar-refractivity contribution in [3.05, 3.63) is 102 Å². The molecule has 0 amide bonds. The fourth-order valence-corrected chi connectivity index (χ4v) is 2.89. The first kappa shape index (κ1) is 17.1. The van der Waals surface area contributed by atoms with Crippen molar-refractivity contribution < 1.29 is 0 Å². The molecular formula is C24H14N4. The van der Waals surface area contributed by atoms with Crippen LogP contribution in [0.3, 0.4) is 0 Å². The van der Waals surface area contributed by atoms with Gasteiger partial charge < -0.3 is 0 Å². The number of hydrogen-bond acceptors (Lipinski definition) is 3.